The third-order valence-corrected chi connectivity index (χ3v) is 5.29. The van der Waals surface area contributed by atoms with E-state index in [9.17, 15) is 9.59 Å². The van der Waals surface area contributed by atoms with Crippen molar-refractivity contribution in [3.8, 4) is 0 Å². The Labute approximate surface area is 158 Å². The van der Waals surface area contributed by atoms with Gasteiger partial charge in [-0.2, -0.15) is 0 Å². The number of nitrogens with one attached hydrogen (secondary N) is 1. The number of amides is 2. The van der Waals surface area contributed by atoms with Crippen molar-refractivity contribution in [2.45, 2.75) is 38.4 Å². The first-order chi connectivity index (χ1) is 12.8. The third kappa shape index (κ3) is 3.88. The zero-order valence-electron chi connectivity index (χ0n) is 15.9. The van der Waals surface area contributed by atoms with Crippen LogP contribution in [0.5, 0.6) is 0 Å². The average Bonchev–Trinajstić information content (AvgIpc) is 2.93. The number of anilines is 1. The number of hydrogen-bond acceptors (Lipinski definition) is 5. The molecule has 0 bridgehead atoms. The quantitative estimate of drug-likeness (QED) is 0.877. The molecule has 7 heteroatoms. The number of alkyl carbamates (subject to hydrolysis) is 1. The molecule has 1 aliphatic carbocycles. The zero-order valence-corrected chi connectivity index (χ0v) is 15.9. The van der Waals surface area contributed by atoms with Crippen LogP contribution < -0.4 is 10.2 Å². The molecule has 2 amide bonds. The molecule has 7 nitrogen and oxygen atoms in total. The molecule has 1 N–H and O–H groups in total. The second-order valence-electron chi connectivity index (χ2n) is 8.48. The first kappa shape index (κ1) is 18.1. The van der Waals surface area contributed by atoms with Crippen LogP contribution in [0.15, 0.2) is 24.3 Å². The number of carbonyl (C=O) groups is 2. The van der Waals surface area contributed by atoms with Crippen LogP contribution in [0.25, 0.3) is 0 Å². The molecule has 1 aromatic rings. The predicted octanol–water partition coefficient (Wildman–Crippen LogP) is 2.90. The normalized spacial score (nSPS) is 29.3. The maximum Gasteiger partial charge on any atom is 0.414 e. The summed E-state index contributed by atoms with van der Waals surface area (Å²) in [6.45, 7) is 7.75. The lowest BCUT2D eigenvalue weighted by Gasteiger charge is -2.20. The van der Waals surface area contributed by atoms with Crippen molar-refractivity contribution < 1.29 is 23.8 Å². The summed E-state index contributed by atoms with van der Waals surface area (Å²) in [6, 6.07) is 8.13. The number of ether oxygens (including phenoxy) is 3. The first-order valence-corrected chi connectivity index (χ1v) is 9.44. The van der Waals surface area contributed by atoms with Crippen LogP contribution in [0.2, 0.25) is 0 Å². The van der Waals surface area contributed by atoms with E-state index in [1.807, 2.05) is 12.1 Å². The van der Waals surface area contributed by atoms with Gasteiger partial charge in [-0.05, 0) is 56.2 Å². The monoisotopic (exact) mass is 374 g/mol. The van der Waals surface area contributed by atoms with Crippen molar-refractivity contribution in [1.82, 2.24) is 5.32 Å². The van der Waals surface area contributed by atoms with E-state index in [0.29, 0.717) is 24.3 Å². The molecule has 2 aliphatic heterocycles. The lowest BCUT2D eigenvalue weighted by molar-refractivity contribution is 0.0496. The lowest BCUT2D eigenvalue weighted by atomic mass is 10.1. The van der Waals surface area contributed by atoms with Gasteiger partial charge < -0.3 is 19.5 Å². The molecule has 3 fully saturated rings. The standard InChI is InChI=1S/C20H26N2O5/c1-20(2,3)27-18(23)21-8-14-9-22(19(24)26-14)13-6-4-12(5-7-13)17-15-10-25-11-16(15)17/h4-7,14-17H,8-11H2,1-3H3,(H,21,23)/t14-,15-,16+,17+/m0/s1. The Morgan fingerprint density at radius 1 is 1.22 bits per heavy atom. The van der Waals surface area contributed by atoms with E-state index in [1.54, 1.807) is 25.7 Å². The Balaban J connectivity index is 1.31. The number of fused-ring (bicyclic) bond motifs is 1. The van der Waals surface area contributed by atoms with Gasteiger partial charge in [-0.3, -0.25) is 4.90 Å². The van der Waals surface area contributed by atoms with E-state index in [0.717, 1.165) is 18.9 Å². The number of hydrogen-bond donors (Lipinski definition) is 1. The number of cyclic esters (lactones) is 1. The number of benzene rings is 1. The van der Waals surface area contributed by atoms with Gasteiger partial charge in [-0.25, -0.2) is 9.59 Å². The summed E-state index contributed by atoms with van der Waals surface area (Å²) in [5, 5.41) is 2.65. The molecule has 3 aliphatic rings. The van der Waals surface area contributed by atoms with E-state index in [-0.39, 0.29) is 6.54 Å². The summed E-state index contributed by atoms with van der Waals surface area (Å²) in [5.41, 5.74) is 1.56. The second kappa shape index (κ2) is 6.71. The highest BCUT2D eigenvalue weighted by atomic mass is 16.6. The molecule has 1 saturated carbocycles. The fourth-order valence-corrected chi connectivity index (χ4v) is 3.96. The van der Waals surface area contributed by atoms with Crippen LogP contribution in [-0.2, 0) is 14.2 Å². The van der Waals surface area contributed by atoms with Gasteiger partial charge in [0.25, 0.3) is 0 Å². The fraction of sp³-hybridized carbons (Fsp3) is 0.600. The Bertz CT molecular complexity index is 717. The molecule has 4 atom stereocenters. The van der Waals surface area contributed by atoms with Crippen molar-refractivity contribution in [2.75, 3.05) is 31.2 Å². The topological polar surface area (TPSA) is 77.1 Å². The Morgan fingerprint density at radius 3 is 2.52 bits per heavy atom. The highest BCUT2D eigenvalue weighted by Gasteiger charge is 2.54. The minimum atomic E-state index is -0.559. The molecule has 1 aromatic carbocycles. The highest BCUT2D eigenvalue weighted by Crippen LogP contribution is 2.57. The predicted molar refractivity (Wildman–Crippen MR) is 98.8 cm³/mol. The summed E-state index contributed by atoms with van der Waals surface area (Å²) in [6.07, 6.45) is -1.31. The molecule has 2 saturated heterocycles. The SMILES string of the molecule is CC(C)(C)OC(=O)NC[C@H]1CN(c2ccc([C@H]3[C@@H]4COC[C@@H]43)cc2)C(=O)O1. The molecular weight excluding hydrogens is 348 g/mol. The van der Waals surface area contributed by atoms with E-state index in [2.05, 4.69) is 17.4 Å². The van der Waals surface area contributed by atoms with Gasteiger partial charge in [0.2, 0.25) is 0 Å². The molecule has 4 rings (SSSR count). The molecule has 27 heavy (non-hydrogen) atoms. The maximum absolute atomic E-state index is 12.2. The zero-order chi connectivity index (χ0) is 19.2. The molecule has 146 valence electrons. The molecule has 0 spiro atoms. The molecule has 0 radical (unpaired) electrons. The van der Waals surface area contributed by atoms with Crippen LogP contribution in [0.3, 0.4) is 0 Å². The largest absolute Gasteiger partial charge is 0.444 e. The molecule has 0 aromatic heterocycles. The number of nitrogens with zero attached hydrogens (tertiary/aromatic N) is 1. The second-order valence-corrected chi connectivity index (χ2v) is 8.48. The van der Waals surface area contributed by atoms with E-state index >= 15 is 0 Å². The molecule has 0 unspecified atom stereocenters. The summed E-state index contributed by atoms with van der Waals surface area (Å²) < 4.78 is 16.0. The summed E-state index contributed by atoms with van der Waals surface area (Å²) in [4.78, 5) is 25.5. The van der Waals surface area contributed by atoms with Crippen LogP contribution in [0.4, 0.5) is 15.3 Å². The van der Waals surface area contributed by atoms with Crippen molar-refractivity contribution in [2.24, 2.45) is 11.8 Å². The summed E-state index contributed by atoms with van der Waals surface area (Å²) in [5.74, 6) is 1.93. The smallest absolute Gasteiger partial charge is 0.414 e. The van der Waals surface area contributed by atoms with Gasteiger partial charge in [0.1, 0.15) is 11.7 Å². The summed E-state index contributed by atoms with van der Waals surface area (Å²) in [7, 11) is 0. The minimum absolute atomic E-state index is 0.223. The van der Waals surface area contributed by atoms with E-state index < -0.39 is 23.9 Å². The molecule has 2 heterocycles. The Kier molecular flexibility index (Phi) is 4.50. The maximum atomic E-state index is 12.2. The van der Waals surface area contributed by atoms with Gasteiger partial charge in [-0.1, -0.05) is 12.1 Å². The van der Waals surface area contributed by atoms with Crippen LogP contribution in [0, 0.1) is 11.8 Å². The summed E-state index contributed by atoms with van der Waals surface area (Å²) >= 11 is 0. The number of carbonyl (C=O) groups excluding carboxylic acids is 2. The van der Waals surface area contributed by atoms with Gasteiger partial charge in [0.05, 0.1) is 26.3 Å². The first-order valence-electron chi connectivity index (χ1n) is 9.44. The van der Waals surface area contributed by atoms with Crippen molar-refractivity contribution in [1.29, 1.82) is 0 Å². The van der Waals surface area contributed by atoms with Crippen LogP contribution in [-0.4, -0.2) is 50.2 Å². The highest BCUT2D eigenvalue weighted by molar-refractivity contribution is 5.89. The lowest BCUT2D eigenvalue weighted by Crippen LogP contribution is -2.38. The van der Waals surface area contributed by atoms with Crippen molar-refractivity contribution >= 4 is 17.9 Å². The van der Waals surface area contributed by atoms with E-state index in [4.69, 9.17) is 14.2 Å². The Morgan fingerprint density at radius 2 is 1.89 bits per heavy atom. The van der Waals surface area contributed by atoms with Crippen molar-refractivity contribution in [3.05, 3.63) is 29.8 Å². The number of rotatable bonds is 4. The fourth-order valence-electron chi connectivity index (χ4n) is 3.96. The molecular formula is C20H26N2O5. The third-order valence-electron chi connectivity index (χ3n) is 5.29. The minimum Gasteiger partial charge on any atom is -0.444 e. The van der Waals surface area contributed by atoms with Gasteiger partial charge in [0.15, 0.2) is 0 Å². The Hall–Kier alpha value is -2.28. The van der Waals surface area contributed by atoms with Gasteiger partial charge in [-0.15, -0.1) is 0 Å². The van der Waals surface area contributed by atoms with Crippen molar-refractivity contribution in [3.63, 3.8) is 0 Å². The van der Waals surface area contributed by atoms with Gasteiger partial charge in [0, 0.05) is 5.69 Å². The van der Waals surface area contributed by atoms with Crippen LogP contribution in [0.1, 0.15) is 32.3 Å². The van der Waals surface area contributed by atoms with Gasteiger partial charge >= 0.3 is 12.2 Å². The van der Waals surface area contributed by atoms with E-state index in [1.165, 1.54) is 5.56 Å². The van der Waals surface area contributed by atoms with Crippen LogP contribution >= 0.6 is 0 Å². The average molecular weight is 374 g/mol.